The van der Waals surface area contributed by atoms with E-state index in [1.165, 1.54) is 0 Å². The zero-order chi connectivity index (χ0) is 27.7. The number of aryl methyl sites for hydroxylation is 2. The van der Waals surface area contributed by atoms with Crippen molar-refractivity contribution in [1.82, 2.24) is 15.4 Å². The van der Waals surface area contributed by atoms with Crippen molar-refractivity contribution in [2.75, 3.05) is 5.32 Å². The molecular weight excluding hydrogens is 480 g/mol. The number of hydroxylamine groups is 2. The second kappa shape index (κ2) is 13.0. The number of nitrogens with one attached hydrogen (secondary N) is 2. The molecule has 8 nitrogen and oxygen atoms in total. The van der Waals surface area contributed by atoms with E-state index in [9.17, 15) is 19.6 Å². The number of hydrogen-bond donors (Lipinski definition) is 3. The lowest BCUT2D eigenvalue weighted by Gasteiger charge is -2.32. The zero-order valence-electron chi connectivity index (χ0n) is 22.3. The van der Waals surface area contributed by atoms with E-state index in [4.69, 9.17) is 0 Å². The molecule has 1 aromatic heterocycles. The van der Waals surface area contributed by atoms with Gasteiger partial charge in [0.2, 0.25) is 18.2 Å². The number of amides is 3. The Morgan fingerprint density at radius 1 is 1.00 bits per heavy atom. The van der Waals surface area contributed by atoms with Gasteiger partial charge in [-0.1, -0.05) is 69.3 Å². The second-order valence-corrected chi connectivity index (χ2v) is 10.4. The van der Waals surface area contributed by atoms with Crippen molar-refractivity contribution in [2.24, 2.45) is 5.41 Å². The molecule has 0 aliphatic rings. The summed E-state index contributed by atoms with van der Waals surface area (Å²) in [5, 5.41) is 16.1. The van der Waals surface area contributed by atoms with Gasteiger partial charge in [0.1, 0.15) is 12.1 Å². The summed E-state index contributed by atoms with van der Waals surface area (Å²) in [4.78, 5) is 41.5. The number of nitrogens with zero attached hydrogens (tertiary/aromatic N) is 2. The van der Waals surface area contributed by atoms with Crippen LogP contribution in [0.25, 0.3) is 11.1 Å². The summed E-state index contributed by atoms with van der Waals surface area (Å²) in [5.74, 6) is -0.999. The Hall–Kier alpha value is -4.04. The minimum Gasteiger partial charge on any atom is -0.342 e. The van der Waals surface area contributed by atoms with Gasteiger partial charge in [0.15, 0.2) is 0 Å². The van der Waals surface area contributed by atoms with Gasteiger partial charge in [-0.15, -0.1) is 0 Å². The maximum Gasteiger partial charge on any atom is 0.247 e. The van der Waals surface area contributed by atoms with E-state index in [0.717, 1.165) is 22.3 Å². The van der Waals surface area contributed by atoms with Gasteiger partial charge in [0.25, 0.3) is 0 Å². The van der Waals surface area contributed by atoms with Crippen LogP contribution in [0.5, 0.6) is 0 Å². The summed E-state index contributed by atoms with van der Waals surface area (Å²) in [5.41, 5.74) is 4.45. The van der Waals surface area contributed by atoms with Crippen LogP contribution < -0.4 is 10.6 Å². The smallest absolute Gasteiger partial charge is 0.247 e. The number of aromatic nitrogens is 1. The average Bonchev–Trinajstić information content (AvgIpc) is 2.90. The summed E-state index contributed by atoms with van der Waals surface area (Å²) >= 11 is 0. The van der Waals surface area contributed by atoms with Crippen molar-refractivity contribution in [2.45, 2.75) is 59.0 Å². The van der Waals surface area contributed by atoms with Gasteiger partial charge in [-0.25, -0.2) is 5.06 Å². The van der Waals surface area contributed by atoms with Gasteiger partial charge < -0.3 is 10.6 Å². The van der Waals surface area contributed by atoms with Crippen LogP contribution in [0.4, 0.5) is 5.69 Å². The monoisotopic (exact) mass is 516 g/mol. The lowest BCUT2D eigenvalue weighted by Crippen LogP contribution is -2.56. The third-order valence-corrected chi connectivity index (χ3v) is 6.47. The molecule has 0 saturated heterocycles. The number of carbonyl (C=O) groups excluding carboxylic acids is 3. The van der Waals surface area contributed by atoms with Crippen LogP contribution in [-0.2, 0) is 20.8 Å². The number of anilines is 1. The van der Waals surface area contributed by atoms with Crippen molar-refractivity contribution >= 4 is 23.9 Å². The molecular formula is C30H36N4O4. The SMILES string of the molecule is Cc1cc(-c2ccccc2)ccc1CCCC(C(=O)NC(C(=O)Nc1ccncc1)C(C)(C)C)N(O)C=O. The third kappa shape index (κ3) is 7.73. The summed E-state index contributed by atoms with van der Waals surface area (Å²) in [6.45, 7) is 7.54. The molecule has 0 fully saturated rings. The minimum absolute atomic E-state index is 0.216. The van der Waals surface area contributed by atoms with Crippen LogP contribution in [0, 0.1) is 12.3 Å². The molecule has 2 atom stereocenters. The zero-order valence-corrected chi connectivity index (χ0v) is 22.3. The molecule has 2 unspecified atom stereocenters. The number of carbonyl (C=O) groups is 3. The highest BCUT2D eigenvalue weighted by atomic mass is 16.5. The lowest BCUT2D eigenvalue weighted by atomic mass is 9.85. The molecule has 200 valence electrons. The van der Waals surface area contributed by atoms with Gasteiger partial charge >= 0.3 is 0 Å². The van der Waals surface area contributed by atoms with E-state index in [2.05, 4.69) is 45.9 Å². The summed E-state index contributed by atoms with van der Waals surface area (Å²) < 4.78 is 0. The third-order valence-electron chi connectivity index (χ3n) is 6.47. The molecule has 0 radical (unpaired) electrons. The summed E-state index contributed by atoms with van der Waals surface area (Å²) in [6.07, 6.45) is 4.78. The fourth-order valence-corrected chi connectivity index (χ4v) is 4.29. The van der Waals surface area contributed by atoms with Gasteiger partial charge in [-0.2, -0.15) is 0 Å². The van der Waals surface area contributed by atoms with Crippen LogP contribution >= 0.6 is 0 Å². The maximum absolute atomic E-state index is 13.2. The van der Waals surface area contributed by atoms with Gasteiger partial charge in [-0.05, 0) is 66.0 Å². The number of pyridine rings is 1. The van der Waals surface area contributed by atoms with Crippen LogP contribution in [-0.4, -0.2) is 45.6 Å². The Morgan fingerprint density at radius 3 is 2.29 bits per heavy atom. The number of rotatable bonds is 11. The number of hydrogen-bond acceptors (Lipinski definition) is 5. The highest BCUT2D eigenvalue weighted by molar-refractivity contribution is 5.98. The first-order valence-corrected chi connectivity index (χ1v) is 12.7. The molecule has 3 rings (SSSR count). The minimum atomic E-state index is -1.13. The maximum atomic E-state index is 13.2. The van der Waals surface area contributed by atoms with Crippen molar-refractivity contribution in [3.63, 3.8) is 0 Å². The predicted octanol–water partition coefficient (Wildman–Crippen LogP) is 4.77. The van der Waals surface area contributed by atoms with Gasteiger partial charge in [0, 0.05) is 18.1 Å². The molecule has 1 heterocycles. The van der Waals surface area contributed by atoms with E-state index in [0.29, 0.717) is 23.6 Å². The Labute approximate surface area is 224 Å². The Kier molecular flexibility index (Phi) is 9.73. The topological polar surface area (TPSA) is 112 Å². The van der Waals surface area contributed by atoms with E-state index in [1.54, 1.807) is 24.5 Å². The highest BCUT2D eigenvalue weighted by Gasteiger charge is 2.35. The first-order chi connectivity index (χ1) is 18.1. The van der Waals surface area contributed by atoms with Crippen LogP contribution in [0.3, 0.4) is 0 Å². The molecule has 3 aromatic rings. The Morgan fingerprint density at radius 2 is 1.68 bits per heavy atom. The summed E-state index contributed by atoms with van der Waals surface area (Å²) in [6, 6.07) is 17.7. The van der Waals surface area contributed by atoms with Gasteiger partial charge in [0.05, 0.1) is 0 Å². The van der Waals surface area contributed by atoms with E-state index in [1.807, 2.05) is 45.9 Å². The first kappa shape index (κ1) is 28.5. The van der Waals surface area contributed by atoms with Crippen molar-refractivity contribution in [1.29, 1.82) is 0 Å². The molecule has 0 spiro atoms. The number of benzene rings is 2. The van der Waals surface area contributed by atoms with Gasteiger partial charge in [-0.3, -0.25) is 24.6 Å². The molecule has 0 aliphatic heterocycles. The molecule has 2 aromatic carbocycles. The standard InChI is InChI=1S/C30H36N4O4/c1-21-19-24(23-9-6-5-7-10-23)14-13-22(21)11-8-12-26(34(38)20-35)28(36)33-27(30(2,3)4)29(37)32-25-15-17-31-18-16-25/h5-7,9-10,13-20,26-27,38H,8,11-12H2,1-4H3,(H,33,36)(H,31,32,37). The van der Waals surface area contributed by atoms with Crippen molar-refractivity contribution < 1.29 is 19.6 Å². The normalized spacial score (nSPS) is 12.8. The first-order valence-electron chi connectivity index (χ1n) is 12.7. The van der Waals surface area contributed by atoms with E-state index < -0.39 is 29.3 Å². The Balaban J connectivity index is 1.66. The van der Waals surface area contributed by atoms with Crippen LogP contribution in [0.1, 0.15) is 44.7 Å². The molecule has 3 amide bonds. The van der Waals surface area contributed by atoms with Crippen molar-refractivity contribution in [3.05, 3.63) is 84.2 Å². The molecule has 0 aliphatic carbocycles. The Bertz CT molecular complexity index is 1230. The quantitative estimate of drug-likeness (QED) is 0.193. The van der Waals surface area contributed by atoms with E-state index >= 15 is 0 Å². The lowest BCUT2D eigenvalue weighted by molar-refractivity contribution is -0.168. The largest absolute Gasteiger partial charge is 0.342 e. The highest BCUT2D eigenvalue weighted by Crippen LogP contribution is 2.24. The molecule has 0 bridgehead atoms. The average molecular weight is 517 g/mol. The molecule has 0 saturated carbocycles. The fraction of sp³-hybridized carbons (Fsp3) is 0.333. The molecule has 3 N–H and O–H groups in total. The fourth-order valence-electron chi connectivity index (χ4n) is 4.29. The van der Waals surface area contributed by atoms with E-state index in [-0.39, 0.29) is 12.8 Å². The molecule has 8 heteroatoms. The summed E-state index contributed by atoms with van der Waals surface area (Å²) in [7, 11) is 0. The molecule has 38 heavy (non-hydrogen) atoms. The second-order valence-electron chi connectivity index (χ2n) is 10.4. The van der Waals surface area contributed by atoms with Crippen molar-refractivity contribution in [3.8, 4) is 11.1 Å². The van der Waals surface area contributed by atoms with Crippen LogP contribution in [0.2, 0.25) is 0 Å². The predicted molar refractivity (Wildman–Crippen MR) is 147 cm³/mol. The van der Waals surface area contributed by atoms with Crippen LogP contribution in [0.15, 0.2) is 73.1 Å².